The van der Waals surface area contributed by atoms with Crippen LogP contribution in [0.5, 0.6) is 0 Å². The van der Waals surface area contributed by atoms with Crippen LogP contribution in [-0.4, -0.2) is 17.0 Å². The standard InChI is InChI=1S/C17H23BrO/c18-13-15(14-6-2-1-3-7-14)12-16-8-11-17(19-16)9-4-5-10-17/h1-3,6-7,15-16H,4-5,8-13H2. The van der Waals surface area contributed by atoms with E-state index in [1.807, 2.05) is 0 Å². The molecule has 104 valence electrons. The lowest BCUT2D eigenvalue weighted by atomic mass is 9.93. The van der Waals surface area contributed by atoms with Crippen molar-refractivity contribution in [1.82, 2.24) is 0 Å². The minimum absolute atomic E-state index is 0.276. The van der Waals surface area contributed by atoms with Crippen LogP contribution in [0.15, 0.2) is 30.3 Å². The third kappa shape index (κ3) is 3.05. The van der Waals surface area contributed by atoms with E-state index in [-0.39, 0.29) is 5.60 Å². The number of hydrogen-bond acceptors (Lipinski definition) is 1. The fourth-order valence-corrected chi connectivity index (χ4v) is 4.42. The van der Waals surface area contributed by atoms with Crippen LogP contribution in [0.2, 0.25) is 0 Å². The van der Waals surface area contributed by atoms with E-state index in [1.54, 1.807) is 0 Å². The molecule has 0 bridgehead atoms. The lowest BCUT2D eigenvalue weighted by molar-refractivity contribution is -0.0404. The van der Waals surface area contributed by atoms with E-state index < -0.39 is 0 Å². The summed E-state index contributed by atoms with van der Waals surface area (Å²) in [6.45, 7) is 0. The summed E-state index contributed by atoms with van der Waals surface area (Å²) in [5.74, 6) is 0.586. The second-order valence-corrected chi connectivity index (χ2v) is 6.81. The molecule has 1 spiro atoms. The number of halogens is 1. The van der Waals surface area contributed by atoms with Gasteiger partial charge in [-0.2, -0.15) is 0 Å². The van der Waals surface area contributed by atoms with Crippen molar-refractivity contribution in [2.24, 2.45) is 0 Å². The minimum atomic E-state index is 0.276. The van der Waals surface area contributed by atoms with Crippen molar-refractivity contribution in [1.29, 1.82) is 0 Å². The van der Waals surface area contributed by atoms with Gasteiger partial charge < -0.3 is 4.74 Å². The molecule has 1 aliphatic carbocycles. The van der Waals surface area contributed by atoms with Gasteiger partial charge in [-0.15, -0.1) is 0 Å². The van der Waals surface area contributed by atoms with Crippen LogP contribution in [0.3, 0.4) is 0 Å². The zero-order valence-electron chi connectivity index (χ0n) is 11.5. The lowest BCUT2D eigenvalue weighted by Gasteiger charge is -2.25. The topological polar surface area (TPSA) is 9.23 Å². The summed E-state index contributed by atoms with van der Waals surface area (Å²) in [4.78, 5) is 0. The van der Waals surface area contributed by atoms with Crippen molar-refractivity contribution in [3.63, 3.8) is 0 Å². The first-order valence-corrected chi connectivity index (χ1v) is 8.72. The number of benzene rings is 1. The van der Waals surface area contributed by atoms with Gasteiger partial charge in [0.05, 0.1) is 11.7 Å². The van der Waals surface area contributed by atoms with Crippen LogP contribution in [0.25, 0.3) is 0 Å². The lowest BCUT2D eigenvalue weighted by Crippen LogP contribution is -2.25. The van der Waals surface area contributed by atoms with Gasteiger partial charge in [0.25, 0.3) is 0 Å². The molecule has 1 aromatic carbocycles. The fraction of sp³-hybridized carbons (Fsp3) is 0.647. The quantitative estimate of drug-likeness (QED) is 0.705. The predicted molar refractivity (Wildman–Crippen MR) is 82.9 cm³/mol. The zero-order valence-corrected chi connectivity index (χ0v) is 13.1. The average molecular weight is 323 g/mol. The molecule has 0 N–H and O–H groups in total. The SMILES string of the molecule is BrCC(CC1CCC2(CCCC2)O1)c1ccccc1. The summed E-state index contributed by atoms with van der Waals surface area (Å²) < 4.78 is 6.44. The molecule has 1 saturated heterocycles. The molecule has 1 saturated carbocycles. The second kappa shape index (κ2) is 5.97. The first kappa shape index (κ1) is 13.6. The Hall–Kier alpha value is -0.340. The molecule has 0 radical (unpaired) electrons. The number of rotatable bonds is 4. The molecule has 1 nitrogen and oxygen atoms in total. The van der Waals surface area contributed by atoms with Crippen LogP contribution in [0.4, 0.5) is 0 Å². The highest BCUT2D eigenvalue weighted by Gasteiger charge is 2.42. The van der Waals surface area contributed by atoms with Crippen molar-refractivity contribution in [3.8, 4) is 0 Å². The van der Waals surface area contributed by atoms with Crippen molar-refractivity contribution in [3.05, 3.63) is 35.9 Å². The molecule has 3 rings (SSSR count). The highest BCUT2D eigenvalue weighted by atomic mass is 79.9. The average Bonchev–Trinajstić information content (AvgIpc) is 3.08. The molecule has 2 fully saturated rings. The highest BCUT2D eigenvalue weighted by Crippen LogP contribution is 2.45. The second-order valence-electron chi connectivity index (χ2n) is 6.17. The number of hydrogen-bond donors (Lipinski definition) is 0. The maximum atomic E-state index is 6.44. The van der Waals surface area contributed by atoms with Gasteiger partial charge in [0.2, 0.25) is 0 Å². The fourth-order valence-electron chi connectivity index (χ4n) is 3.78. The van der Waals surface area contributed by atoms with Crippen molar-refractivity contribution in [2.45, 2.75) is 62.6 Å². The van der Waals surface area contributed by atoms with Gasteiger partial charge in [0.1, 0.15) is 0 Å². The van der Waals surface area contributed by atoms with Crippen molar-refractivity contribution in [2.75, 3.05) is 5.33 Å². The molecule has 1 aromatic rings. The third-order valence-electron chi connectivity index (χ3n) is 4.86. The van der Waals surface area contributed by atoms with E-state index in [4.69, 9.17) is 4.74 Å². The first-order valence-electron chi connectivity index (χ1n) is 7.60. The summed E-state index contributed by atoms with van der Waals surface area (Å²) >= 11 is 3.68. The Bertz CT molecular complexity index is 397. The number of ether oxygens (including phenoxy) is 1. The molecular formula is C17H23BrO. The third-order valence-corrected chi connectivity index (χ3v) is 5.64. The Labute approximate surface area is 124 Å². The Kier molecular flexibility index (Phi) is 4.28. The van der Waals surface area contributed by atoms with E-state index in [0.29, 0.717) is 12.0 Å². The highest BCUT2D eigenvalue weighted by molar-refractivity contribution is 9.09. The molecule has 0 aromatic heterocycles. The van der Waals surface area contributed by atoms with Gasteiger partial charge in [-0.3, -0.25) is 0 Å². The Morgan fingerprint density at radius 1 is 1.16 bits per heavy atom. The summed E-state index contributed by atoms with van der Waals surface area (Å²) in [5.41, 5.74) is 1.72. The van der Waals surface area contributed by atoms with E-state index in [2.05, 4.69) is 46.3 Å². The molecule has 2 atom stereocenters. The zero-order chi connectivity index (χ0) is 13.1. The van der Waals surface area contributed by atoms with Crippen LogP contribution in [0, 0.1) is 0 Å². The molecule has 2 unspecified atom stereocenters. The van der Waals surface area contributed by atoms with Crippen LogP contribution < -0.4 is 0 Å². The van der Waals surface area contributed by atoms with Crippen molar-refractivity contribution < 1.29 is 4.74 Å². The molecule has 2 aliphatic rings. The van der Waals surface area contributed by atoms with Gasteiger partial charge >= 0.3 is 0 Å². The van der Waals surface area contributed by atoms with Gasteiger partial charge in [0.15, 0.2) is 0 Å². The molecule has 0 amide bonds. The maximum Gasteiger partial charge on any atom is 0.0687 e. The van der Waals surface area contributed by atoms with Crippen LogP contribution in [0.1, 0.15) is 56.4 Å². The van der Waals surface area contributed by atoms with Crippen molar-refractivity contribution >= 4 is 15.9 Å². The summed E-state index contributed by atoms with van der Waals surface area (Å²) in [7, 11) is 0. The predicted octanol–water partition coefficient (Wildman–Crippen LogP) is 5.05. The number of alkyl halides is 1. The Morgan fingerprint density at radius 2 is 1.89 bits per heavy atom. The molecule has 19 heavy (non-hydrogen) atoms. The van der Waals surface area contributed by atoms with E-state index in [0.717, 1.165) is 11.8 Å². The molecule has 1 aliphatic heterocycles. The monoisotopic (exact) mass is 322 g/mol. The van der Waals surface area contributed by atoms with Crippen LogP contribution in [-0.2, 0) is 4.74 Å². The largest absolute Gasteiger partial charge is 0.372 e. The normalized spacial score (nSPS) is 26.9. The van der Waals surface area contributed by atoms with E-state index >= 15 is 0 Å². The Morgan fingerprint density at radius 3 is 2.58 bits per heavy atom. The van der Waals surface area contributed by atoms with Crippen LogP contribution >= 0.6 is 15.9 Å². The van der Waals surface area contributed by atoms with Gasteiger partial charge in [0, 0.05) is 5.33 Å². The molecule has 2 heteroatoms. The van der Waals surface area contributed by atoms with Gasteiger partial charge in [-0.05, 0) is 43.6 Å². The Balaban J connectivity index is 1.61. The first-order chi connectivity index (χ1) is 9.31. The smallest absolute Gasteiger partial charge is 0.0687 e. The summed E-state index contributed by atoms with van der Waals surface area (Å²) in [5, 5.41) is 1.03. The molecular weight excluding hydrogens is 300 g/mol. The summed E-state index contributed by atoms with van der Waals surface area (Å²) in [6.07, 6.45) is 9.53. The maximum absolute atomic E-state index is 6.44. The van der Waals surface area contributed by atoms with E-state index in [1.165, 1.54) is 44.1 Å². The van der Waals surface area contributed by atoms with E-state index in [9.17, 15) is 0 Å². The van der Waals surface area contributed by atoms with Gasteiger partial charge in [-0.25, -0.2) is 0 Å². The summed E-state index contributed by atoms with van der Waals surface area (Å²) in [6, 6.07) is 10.9. The minimum Gasteiger partial charge on any atom is -0.372 e. The molecule has 1 heterocycles. The van der Waals surface area contributed by atoms with Gasteiger partial charge in [-0.1, -0.05) is 59.1 Å².